The van der Waals surface area contributed by atoms with Crippen molar-refractivity contribution in [1.29, 1.82) is 0 Å². The maximum Gasteiger partial charge on any atom is 0.102 e. The predicted octanol–water partition coefficient (Wildman–Crippen LogP) is 1.90. The van der Waals surface area contributed by atoms with Crippen LogP contribution in [0, 0.1) is 6.92 Å². The zero-order valence-corrected chi connectivity index (χ0v) is 13.4. The van der Waals surface area contributed by atoms with E-state index in [1.165, 1.54) is 0 Å². The number of benzene rings is 1. The second-order valence-electron chi connectivity index (χ2n) is 6.33. The number of fused-ring (bicyclic) bond motifs is 1. The Morgan fingerprint density at radius 1 is 1.17 bits per heavy atom. The maximum absolute atomic E-state index is 6.79. The molecule has 1 aromatic carbocycles. The van der Waals surface area contributed by atoms with Crippen LogP contribution in [-0.4, -0.2) is 26.2 Å². The van der Waals surface area contributed by atoms with Gasteiger partial charge in [0, 0.05) is 36.4 Å². The van der Waals surface area contributed by atoms with E-state index >= 15 is 0 Å². The number of rotatable bonds is 3. The van der Waals surface area contributed by atoms with Crippen LogP contribution in [0.25, 0.3) is 11.3 Å². The molecule has 0 spiro atoms. The number of nitrogens with one attached hydrogen (secondary N) is 2. The lowest BCUT2D eigenvalue weighted by Crippen LogP contribution is -2.45. The minimum Gasteiger partial charge on any atom is -0.387 e. The van der Waals surface area contributed by atoms with Crippen molar-refractivity contribution in [1.82, 2.24) is 20.4 Å². The third-order valence-corrected chi connectivity index (χ3v) is 4.42. The molecule has 7 heteroatoms. The average molecular weight is 321 g/mol. The van der Waals surface area contributed by atoms with Gasteiger partial charge in [0.15, 0.2) is 0 Å². The largest absolute Gasteiger partial charge is 0.387 e. The molecule has 0 bridgehead atoms. The molecule has 1 atom stereocenters. The number of aryl methyl sites for hydroxylation is 1. The van der Waals surface area contributed by atoms with Gasteiger partial charge in [0.2, 0.25) is 0 Å². The van der Waals surface area contributed by atoms with E-state index in [0.29, 0.717) is 18.7 Å². The van der Waals surface area contributed by atoms with E-state index in [0.717, 1.165) is 33.8 Å². The van der Waals surface area contributed by atoms with Crippen LogP contribution in [0.4, 0.5) is 5.69 Å². The van der Waals surface area contributed by atoms with Crippen LogP contribution in [0.2, 0.25) is 0 Å². The van der Waals surface area contributed by atoms with E-state index in [9.17, 15) is 0 Å². The molecule has 1 aliphatic rings. The second kappa shape index (κ2) is 5.31. The summed E-state index contributed by atoms with van der Waals surface area (Å²) in [6.07, 6.45) is 4.71. The fraction of sp³-hybridized carbons (Fsp3) is 0.235. The fourth-order valence-electron chi connectivity index (χ4n) is 3.54. The van der Waals surface area contributed by atoms with Gasteiger partial charge in [-0.25, -0.2) is 4.99 Å². The fourth-order valence-corrected chi connectivity index (χ4v) is 3.54. The summed E-state index contributed by atoms with van der Waals surface area (Å²) in [7, 11) is 0. The number of amidine groups is 1. The van der Waals surface area contributed by atoms with Gasteiger partial charge in [-0.2, -0.15) is 10.2 Å². The summed E-state index contributed by atoms with van der Waals surface area (Å²) in [5, 5.41) is 14.2. The molecule has 3 heterocycles. The molecule has 0 saturated carbocycles. The molecule has 0 amide bonds. The molecule has 24 heavy (non-hydrogen) atoms. The lowest BCUT2D eigenvalue weighted by atomic mass is 9.77. The number of hydrogen-bond donors (Lipinski definition) is 4. The number of aromatic amines is 2. The summed E-state index contributed by atoms with van der Waals surface area (Å²) in [6, 6.07) is 7.95. The van der Waals surface area contributed by atoms with Crippen molar-refractivity contribution < 1.29 is 0 Å². The topological polar surface area (TPSA) is 122 Å². The van der Waals surface area contributed by atoms with Gasteiger partial charge in [-0.1, -0.05) is 0 Å². The van der Waals surface area contributed by atoms with E-state index in [-0.39, 0.29) is 0 Å². The van der Waals surface area contributed by atoms with Crippen molar-refractivity contribution in [2.75, 3.05) is 0 Å². The monoisotopic (exact) mass is 321 g/mol. The van der Waals surface area contributed by atoms with Gasteiger partial charge in [-0.15, -0.1) is 0 Å². The first-order valence-corrected chi connectivity index (χ1v) is 7.81. The quantitative estimate of drug-likeness (QED) is 0.588. The molecule has 1 unspecified atom stereocenters. The molecular formula is C17H19N7. The minimum absolute atomic E-state index is 0.509. The Kier molecular flexibility index (Phi) is 3.24. The van der Waals surface area contributed by atoms with E-state index in [2.05, 4.69) is 38.4 Å². The third-order valence-electron chi connectivity index (χ3n) is 4.42. The molecule has 0 fully saturated rings. The summed E-state index contributed by atoms with van der Waals surface area (Å²) in [6.45, 7) is 2.05. The van der Waals surface area contributed by atoms with Crippen molar-refractivity contribution in [2.45, 2.75) is 25.3 Å². The summed E-state index contributed by atoms with van der Waals surface area (Å²) >= 11 is 0. The SMILES string of the molecule is Cc1cc(-c2cc[nH]n2)cc2c1C(N)(Cc1cc[nH]n1)CC(N)=N2. The number of hydrogen-bond acceptors (Lipinski definition) is 5. The molecule has 0 radical (unpaired) electrons. The summed E-state index contributed by atoms with van der Waals surface area (Å²) in [5.74, 6) is 0.541. The number of nitrogens with two attached hydrogens (primary N) is 2. The molecule has 6 N–H and O–H groups in total. The van der Waals surface area contributed by atoms with E-state index in [1.807, 2.05) is 18.2 Å². The van der Waals surface area contributed by atoms with E-state index in [4.69, 9.17) is 11.5 Å². The predicted molar refractivity (Wildman–Crippen MR) is 92.8 cm³/mol. The summed E-state index contributed by atoms with van der Waals surface area (Å²) < 4.78 is 0. The first-order valence-electron chi connectivity index (χ1n) is 7.81. The molecule has 4 rings (SSSR count). The molecule has 3 aromatic rings. The van der Waals surface area contributed by atoms with Crippen LogP contribution < -0.4 is 11.5 Å². The van der Waals surface area contributed by atoms with Crippen molar-refractivity contribution in [3.63, 3.8) is 0 Å². The first-order chi connectivity index (χ1) is 11.5. The first kappa shape index (κ1) is 14.6. The van der Waals surface area contributed by atoms with Gasteiger partial charge < -0.3 is 11.5 Å². The lowest BCUT2D eigenvalue weighted by Gasteiger charge is -2.35. The van der Waals surface area contributed by atoms with Gasteiger partial charge in [0.1, 0.15) is 5.84 Å². The molecular weight excluding hydrogens is 302 g/mol. The number of H-pyrrole nitrogens is 2. The van der Waals surface area contributed by atoms with Crippen LogP contribution in [-0.2, 0) is 12.0 Å². The highest BCUT2D eigenvalue weighted by molar-refractivity contribution is 5.89. The second-order valence-corrected chi connectivity index (χ2v) is 6.33. The van der Waals surface area contributed by atoms with E-state index in [1.54, 1.807) is 12.4 Å². The zero-order chi connectivity index (χ0) is 16.7. The Balaban J connectivity index is 1.84. The third kappa shape index (κ3) is 2.39. The molecule has 122 valence electrons. The Hall–Kier alpha value is -2.93. The standard InChI is InChI=1S/C17H19N7/c1-10-6-11(13-3-5-21-24-13)7-14-16(10)17(19,9-15(18)22-14)8-12-2-4-20-23-12/h2-7H,8-9,19H2,1H3,(H2,18,22)(H,20,23)(H,21,24). The van der Waals surface area contributed by atoms with E-state index < -0.39 is 5.54 Å². The van der Waals surface area contributed by atoms with Crippen LogP contribution >= 0.6 is 0 Å². The molecule has 1 aliphatic heterocycles. The highest BCUT2D eigenvalue weighted by Gasteiger charge is 2.36. The Morgan fingerprint density at radius 3 is 2.67 bits per heavy atom. The Morgan fingerprint density at radius 2 is 1.96 bits per heavy atom. The molecule has 0 aliphatic carbocycles. The van der Waals surface area contributed by atoms with Crippen molar-refractivity contribution in [3.8, 4) is 11.3 Å². The van der Waals surface area contributed by atoms with Crippen molar-refractivity contribution in [2.24, 2.45) is 16.5 Å². The van der Waals surface area contributed by atoms with Crippen LogP contribution in [0.15, 0.2) is 41.7 Å². The van der Waals surface area contributed by atoms with Crippen LogP contribution in [0.3, 0.4) is 0 Å². The zero-order valence-electron chi connectivity index (χ0n) is 13.4. The van der Waals surface area contributed by atoms with Gasteiger partial charge >= 0.3 is 0 Å². The number of aliphatic imine (C=N–C) groups is 1. The van der Waals surface area contributed by atoms with Crippen LogP contribution in [0.5, 0.6) is 0 Å². The van der Waals surface area contributed by atoms with Gasteiger partial charge in [-0.05, 0) is 36.8 Å². The summed E-state index contributed by atoms with van der Waals surface area (Å²) in [5.41, 5.74) is 18.0. The van der Waals surface area contributed by atoms with Gasteiger partial charge in [0.25, 0.3) is 0 Å². The number of nitrogens with zero attached hydrogens (tertiary/aromatic N) is 3. The highest BCUT2D eigenvalue weighted by Crippen LogP contribution is 2.41. The molecule has 0 saturated heterocycles. The van der Waals surface area contributed by atoms with Crippen molar-refractivity contribution >= 4 is 11.5 Å². The van der Waals surface area contributed by atoms with Crippen molar-refractivity contribution in [3.05, 3.63) is 53.5 Å². The smallest absolute Gasteiger partial charge is 0.102 e. The normalized spacial score (nSPS) is 19.8. The maximum atomic E-state index is 6.79. The highest BCUT2D eigenvalue weighted by atomic mass is 15.1. The summed E-state index contributed by atoms with van der Waals surface area (Å²) in [4.78, 5) is 4.55. The van der Waals surface area contributed by atoms with Crippen LogP contribution in [0.1, 0.15) is 23.2 Å². The molecule has 2 aromatic heterocycles. The Labute approximate surface area is 139 Å². The number of aromatic nitrogens is 4. The Bertz CT molecular complexity index is 893. The lowest BCUT2D eigenvalue weighted by molar-refractivity contribution is 0.445. The van der Waals surface area contributed by atoms with Gasteiger partial charge in [-0.3, -0.25) is 10.2 Å². The average Bonchev–Trinajstić information content (AvgIpc) is 3.18. The minimum atomic E-state index is -0.620. The molecule has 7 nitrogen and oxygen atoms in total. The van der Waals surface area contributed by atoms with Gasteiger partial charge in [0.05, 0.1) is 22.6 Å².